The van der Waals surface area contributed by atoms with Crippen molar-refractivity contribution in [1.29, 1.82) is 0 Å². The Morgan fingerprint density at radius 2 is 1.93 bits per heavy atom. The zero-order valence-corrected chi connectivity index (χ0v) is 16.7. The van der Waals surface area contributed by atoms with E-state index >= 15 is 0 Å². The summed E-state index contributed by atoms with van der Waals surface area (Å²) < 4.78 is 10.5. The summed E-state index contributed by atoms with van der Waals surface area (Å²) in [6.45, 7) is 1.84. The van der Waals surface area contributed by atoms with E-state index in [2.05, 4.69) is 5.32 Å². The summed E-state index contributed by atoms with van der Waals surface area (Å²) in [6.07, 6.45) is 0. The van der Waals surface area contributed by atoms with Gasteiger partial charge in [-0.1, -0.05) is 35.9 Å². The van der Waals surface area contributed by atoms with Crippen LogP contribution in [0.4, 0.5) is 5.69 Å². The van der Waals surface area contributed by atoms with E-state index in [4.69, 9.17) is 33.3 Å². The van der Waals surface area contributed by atoms with Gasteiger partial charge in [0.1, 0.15) is 5.75 Å². The number of thiocarbonyl (C=S) groups is 1. The van der Waals surface area contributed by atoms with E-state index in [-0.39, 0.29) is 0 Å². The number of allylic oxidation sites excluding steroid dienone is 1. The number of methoxy groups -OCH3 is 2. The van der Waals surface area contributed by atoms with E-state index < -0.39 is 12.0 Å². The average Bonchev–Trinajstić information content (AvgIpc) is 2.67. The number of rotatable bonds is 4. The van der Waals surface area contributed by atoms with Crippen LogP contribution in [0.2, 0.25) is 5.02 Å². The maximum absolute atomic E-state index is 12.6. The normalized spacial score (nSPS) is 16.8. The highest BCUT2D eigenvalue weighted by Gasteiger charge is 2.36. The molecular formula is C20H19ClN2O3S. The van der Waals surface area contributed by atoms with E-state index in [1.165, 1.54) is 7.11 Å². The zero-order chi connectivity index (χ0) is 19.6. The molecule has 0 fully saturated rings. The van der Waals surface area contributed by atoms with Crippen LogP contribution in [0.1, 0.15) is 18.5 Å². The highest BCUT2D eigenvalue weighted by Crippen LogP contribution is 2.38. The van der Waals surface area contributed by atoms with Gasteiger partial charge in [0.2, 0.25) is 0 Å². The maximum Gasteiger partial charge on any atom is 0.337 e. The molecule has 0 bridgehead atoms. The summed E-state index contributed by atoms with van der Waals surface area (Å²) in [5.74, 6) is 0.207. The Hall–Kier alpha value is -2.57. The number of hydrogen-bond donors (Lipinski definition) is 1. The summed E-state index contributed by atoms with van der Waals surface area (Å²) in [6, 6.07) is 14.3. The van der Waals surface area contributed by atoms with Crippen molar-refractivity contribution in [2.75, 3.05) is 19.1 Å². The number of carbonyl (C=O) groups excluding carboxylic acids is 1. The summed E-state index contributed by atoms with van der Waals surface area (Å²) in [5.41, 5.74) is 2.68. The fourth-order valence-electron chi connectivity index (χ4n) is 3.16. The third-order valence-electron chi connectivity index (χ3n) is 4.40. The van der Waals surface area contributed by atoms with Crippen molar-refractivity contribution in [3.05, 3.63) is 70.4 Å². The topological polar surface area (TPSA) is 50.8 Å². The van der Waals surface area contributed by atoms with Crippen LogP contribution in [0.3, 0.4) is 0 Å². The molecule has 0 radical (unpaired) electrons. The monoisotopic (exact) mass is 402 g/mol. The number of benzene rings is 2. The molecule has 140 valence electrons. The van der Waals surface area contributed by atoms with Gasteiger partial charge in [0.15, 0.2) is 5.11 Å². The Morgan fingerprint density at radius 3 is 2.59 bits per heavy atom. The third-order valence-corrected chi connectivity index (χ3v) is 4.93. The van der Waals surface area contributed by atoms with Crippen molar-refractivity contribution in [2.45, 2.75) is 13.0 Å². The van der Waals surface area contributed by atoms with E-state index in [0.717, 1.165) is 11.3 Å². The molecule has 2 aromatic rings. The number of esters is 1. The van der Waals surface area contributed by atoms with Gasteiger partial charge < -0.3 is 14.8 Å². The van der Waals surface area contributed by atoms with Crippen LogP contribution in [0.15, 0.2) is 59.8 Å². The molecule has 0 aromatic heterocycles. The summed E-state index contributed by atoms with van der Waals surface area (Å²) in [5, 5.41) is 4.27. The summed E-state index contributed by atoms with van der Waals surface area (Å²) in [7, 11) is 2.95. The quantitative estimate of drug-likeness (QED) is 0.610. The highest BCUT2D eigenvalue weighted by atomic mass is 35.5. The fraction of sp³-hybridized carbons (Fsp3) is 0.200. The van der Waals surface area contributed by atoms with Gasteiger partial charge in [-0.15, -0.1) is 0 Å². The van der Waals surface area contributed by atoms with Crippen LogP contribution >= 0.6 is 23.8 Å². The van der Waals surface area contributed by atoms with Crippen molar-refractivity contribution in [3.8, 4) is 5.75 Å². The molecule has 1 atom stereocenters. The molecule has 0 unspecified atom stereocenters. The van der Waals surface area contributed by atoms with E-state index in [9.17, 15) is 4.79 Å². The van der Waals surface area contributed by atoms with Crippen molar-refractivity contribution in [2.24, 2.45) is 0 Å². The first-order valence-corrected chi connectivity index (χ1v) is 9.04. The number of nitrogens with one attached hydrogen (secondary N) is 1. The number of carbonyl (C=O) groups is 1. The van der Waals surface area contributed by atoms with Crippen LogP contribution in [0.5, 0.6) is 5.75 Å². The second-order valence-electron chi connectivity index (χ2n) is 5.94. The Balaban J connectivity index is 2.18. The Labute approximate surface area is 168 Å². The minimum atomic E-state index is -0.463. The third kappa shape index (κ3) is 3.63. The molecular weight excluding hydrogens is 384 g/mol. The number of anilines is 1. The predicted molar refractivity (Wildman–Crippen MR) is 110 cm³/mol. The van der Waals surface area contributed by atoms with E-state index in [1.807, 2.05) is 43.3 Å². The van der Waals surface area contributed by atoms with Gasteiger partial charge in [-0.2, -0.15) is 0 Å². The fourth-order valence-corrected chi connectivity index (χ4v) is 3.71. The first-order valence-electron chi connectivity index (χ1n) is 8.26. The van der Waals surface area contributed by atoms with Crippen molar-refractivity contribution < 1.29 is 14.3 Å². The largest absolute Gasteiger partial charge is 0.495 e. The molecule has 1 aliphatic rings. The van der Waals surface area contributed by atoms with Crippen LogP contribution in [0.25, 0.3) is 0 Å². The minimum Gasteiger partial charge on any atom is -0.495 e. The zero-order valence-electron chi connectivity index (χ0n) is 15.2. The van der Waals surface area contributed by atoms with Gasteiger partial charge >= 0.3 is 5.97 Å². The number of ether oxygens (including phenoxy) is 2. The molecule has 0 spiro atoms. The van der Waals surface area contributed by atoms with Crippen LogP contribution in [-0.2, 0) is 9.53 Å². The molecule has 0 amide bonds. The second-order valence-corrected chi connectivity index (χ2v) is 6.76. The van der Waals surface area contributed by atoms with Gasteiger partial charge in [0.25, 0.3) is 0 Å². The molecule has 3 rings (SSSR count). The molecule has 2 aromatic carbocycles. The predicted octanol–water partition coefficient (Wildman–Crippen LogP) is 4.23. The van der Waals surface area contributed by atoms with Crippen molar-refractivity contribution >= 4 is 40.6 Å². The molecule has 1 aliphatic heterocycles. The number of hydrogen-bond acceptors (Lipinski definition) is 4. The molecule has 0 saturated carbocycles. The van der Waals surface area contributed by atoms with Crippen LogP contribution in [0, 0.1) is 0 Å². The number of halogens is 1. The van der Waals surface area contributed by atoms with Gasteiger partial charge in [-0.3, -0.25) is 4.90 Å². The van der Waals surface area contributed by atoms with Crippen LogP contribution in [-0.4, -0.2) is 25.3 Å². The van der Waals surface area contributed by atoms with E-state index in [0.29, 0.717) is 27.2 Å². The van der Waals surface area contributed by atoms with Crippen molar-refractivity contribution in [1.82, 2.24) is 5.32 Å². The Kier molecular flexibility index (Phi) is 5.68. The summed E-state index contributed by atoms with van der Waals surface area (Å²) >= 11 is 11.8. The SMILES string of the molecule is COC(=O)C1=C(C)N(c2ccccc2OC)C(=S)N[C@H]1c1cccc(Cl)c1. The standard InChI is InChI=1S/C20H19ClN2O3S/c1-12-17(19(24)26-3)18(13-7-6-8-14(21)11-13)22-20(27)23(12)15-9-4-5-10-16(15)25-2/h4-11,18H,1-3H3,(H,22,27)/t18-/m0/s1. The van der Waals surface area contributed by atoms with Gasteiger partial charge in [-0.25, -0.2) is 4.79 Å². The van der Waals surface area contributed by atoms with Gasteiger partial charge in [0.05, 0.1) is 31.5 Å². The average molecular weight is 403 g/mol. The molecule has 0 aliphatic carbocycles. The molecule has 1 N–H and O–H groups in total. The highest BCUT2D eigenvalue weighted by molar-refractivity contribution is 7.80. The number of para-hydroxylation sites is 2. The Morgan fingerprint density at radius 1 is 1.19 bits per heavy atom. The maximum atomic E-state index is 12.6. The van der Waals surface area contributed by atoms with Gasteiger partial charge in [0, 0.05) is 10.7 Å². The first kappa shape index (κ1) is 19.2. The van der Waals surface area contributed by atoms with E-state index in [1.54, 1.807) is 24.1 Å². The summed E-state index contributed by atoms with van der Waals surface area (Å²) in [4.78, 5) is 14.4. The molecule has 0 saturated heterocycles. The molecule has 27 heavy (non-hydrogen) atoms. The lowest BCUT2D eigenvalue weighted by atomic mass is 9.95. The lowest BCUT2D eigenvalue weighted by molar-refractivity contribution is -0.136. The van der Waals surface area contributed by atoms with Gasteiger partial charge in [-0.05, 0) is 49.0 Å². The van der Waals surface area contributed by atoms with Crippen molar-refractivity contribution in [3.63, 3.8) is 0 Å². The Bertz CT molecular complexity index is 929. The molecule has 7 heteroatoms. The first-order chi connectivity index (χ1) is 13.0. The minimum absolute atomic E-state index is 0.438. The molecule has 1 heterocycles. The lowest BCUT2D eigenvalue weighted by Gasteiger charge is -2.37. The van der Waals surface area contributed by atoms with Crippen LogP contribution < -0.4 is 15.0 Å². The smallest absolute Gasteiger partial charge is 0.337 e. The molecule has 5 nitrogen and oxygen atoms in total. The second kappa shape index (κ2) is 7.98. The number of nitrogens with zero attached hydrogens (tertiary/aromatic N) is 1. The lowest BCUT2D eigenvalue weighted by Crippen LogP contribution is -2.48.